The molecule has 1 aliphatic heterocycles. The van der Waals surface area contributed by atoms with Crippen molar-refractivity contribution in [2.45, 2.75) is 129 Å². The summed E-state index contributed by atoms with van der Waals surface area (Å²) in [6, 6.07) is 0. The van der Waals surface area contributed by atoms with Crippen LogP contribution in [0, 0.1) is 0 Å². The van der Waals surface area contributed by atoms with E-state index >= 15 is 0 Å². The van der Waals surface area contributed by atoms with Crippen LogP contribution in [0.4, 0.5) is 4.79 Å². The van der Waals surface area contributed by atoms with Gasteiger partial charge in [-0.2, -0.15) is 0 Å². The molecule has 1 heterocycles. The second-order valence-electron chi connectivity index (χ2n) is 10.1. The summed E-state index contributed by atoms with van der Waals surface area (Å²) < 4.78 is 16.0. The van der Waals surface area contributed by atoms with Crippen molar-refractivity contribution < 1.29 is 23.8 Å². The van der Waals surface area contributed by atoms with Crippen LogP contribution in [0.25, 0.3) is 0 Å². The molecule has 1 aliphatic rings. The van der Waals surface area contributed by atoms with Gasteiger partial charge in [0.15, 0.2) is 0 Å². The van der Waals surface area contributed by atoms with E-state index in [0.29, 0.717) is 13.0 Å². The molecule has 0 aromatic heterocycles. The fourth-order valence-corrected chi connectivity index (χ4v) is 4.02. The van der Waals surface area contributed by atoms with Crippen molar-refractivity contribution in [1.82, 2.24) is 4.90 Å². The van der Waals surface area contributed by atoms with E-state index in [2.05, 4.69) is 4.74 Å². The normalized spacial score (nSPS) is 16.4. The summed E-state index contributed by atoms with van der Waals surface area (Å²) >= 11 is 0. The quantitative estimate of drug-likeness (QED) is 0.181. The summed E-state index contributed by atoms with van der Waals surface area (Å²) in [6.45, 7) is 7.88. The molecule has 188 valence electrons. The third-order valence-electron chi connectivity index (χ3n) is 5.90. The predicted octanol–water partition coefficient (Wildman–Crippen LogP) is 6.65. The Morgan fingerprint density at radius 2 is 1.31 bits per heavy atom. The molecule has 1 unspecified atom stereocenters. The average molecular weight is 456 g/mol. The van der Waals surface area contributed by atoms with Crippen LogP contribution in [0.2, 0.25) is 0 Å². The molecule has 1 rings (SSSR count). The number of unbranched alkanes of at least 4 members (excludes halogenated alkanes) is 12. The smallest absolute Gasteiger partial charge is 0.410 e. The van der Waals surface area contributed by atoms with E-state index in [-0.39, 0.29) is 18.2 Å². The third kappa shape index (κ3) is 15.5. The van der Waals surface area contributed by atoms with Gasteiger partial charge in [-0.15, -0.1) is 0 Å². The minimum absolute atomic E-state index is 0.0852. The molecule has 0 bridgehead atoms. The number of carbonyl (C=O) groups excluding carboxylic acids is 2. The zero-order chi connectivity index (χ0) is 23.7. The lowest BCUT2D eigenvalue weighted by Gasteiger charge is -2.24. The standard InChI is InChI=1S/C26H49NO5/c1-26(2,3)32-25(29)27-20-19-23(22-27)31-21-17-15-13-11-9-7-5-6-8-10-12-14-16-18-24(28)30-4/h23H,5-22H2,1-4H3. The fraction of sp³-hybridized carbons (Fsp3) is 0.923. The summed E-state index contributed by atoms with van der Waals surface area (Å²) in [4.78, 5) is 24.9. The maximum Gasteiger partial charge on any atom is 0.410 e. The molecule has 0 aromatic carbocycles. The van der Waals surface area contributed by atoms with Crippen molar-refractivity contribution in [1.29, 1.82) is 0 Å². The summed E-state index contributed by atoms with van der Waals surface area (Å²) in [7, 11) is 1.46. The zero-order valence-electron chi connectivity index (χ0n) is 21.3. The van der Waals surface area contributed by atoms with Gasteiger partial charge >= 0.3 is 12.1 Å². The lowest BCUT2D eigenvalue weighted by molar-refractivity contribution is -0.140. The van der Waals surface area contributed by atoms with E-state index in [1.54, 1.807) is 4.90 Å². The maximum absolute atomic E-state index is 12.1. The molecule has 0 radical (unpaired) electrons. The van der Waals surface area contributed by atoms with Crippen molar-refractivity contribution in [3.63, 3.8) is 0 Å². The van der Waals surface area contributed by atoms with Gasteiger partial charge in [-0.05, 0) is 40.0 Å². The molecular weight excluding hydrogens is 406 g/mol. The molecule has 32 heavy (non-hydrogen) atoms. The number of hydrogen-bond acceptors (Lipinski definition) is 5. The average Bonchev–Trinajstić information content (AvgIpc) is 3.21. The highest BCUT2D eigenvalue weighted by Crippen LogP contribution is 2.18. The first-order valence-corrected chi connectivity index (χ1v) is 13.0. The number of carbonyl (C=O) groups is 2. The first-order valence-electron chi connectivity index (χ1n) is 13.0. The molecular formula is C26H49NO5. The Balaban J connectivity index is 1.81. The van der Waals surface area contributed by atoms with Gasteiger partial charge in [-0.3, -0.25) is 4.79 Å². The van der Waals surface area contributed by atoms with E-state index in [0.717, 1.165) is 38.8 Å². The number of likely N-dealkylation sites (tertiary alicyclic amines) is 1. The summed E-state index contributed by atoms with van der Waals surface area (Å²) in [6.07, 6.45) is 17.7. The lowest BCUT2D eigenvalue weighted by atomic mass is 10.0. The predicted molar refractivity (Wildman–Crippen MR) is 129 cm³/mol. The van der Waals surface area contributed by atoms with Gasteiger partial charge in [0, 0.05) is 19.6 Å². The van der Waals surface area contributed by atoms with E-state index in [1.165, 1.54) is 71.3 Å². The number of methoxy groups -OCH3 is 1. The molecule has 0 aliphatic carbocycles. The van der Waals surface area contributed by atoms with Gasteiger partial charge in [-0.1, -0.05) is 70.6 Å². The molecule has 1 amide bonds. The summed E-state index contributed by atoms with van der Waals surface area (Å²) in [5, 5.41) is 0. The van der Waals surface area contributed by atoms with Crippen LogP contribution >= 0.6 is 0 Å². The van der Waals surface area contributed by atoms with E-state index < -0.39 is 5.60 Å². The van der Waals surface area contributed by atoms with Crippen LogP contribution in [-0.2, 0) is 19.0 Å². The Bertz CT molecular complexity index is 503. The summed E-state index contributed by atoms with van der Waals surface area (Å²) in [5.74, 6) is -0.0852. The first-order chi connectivity index (χ1) is 15.3. The van der Waals surface area contributed by atoms with Gasteiger partial charge in [-0.25, -0.2) is 4.79 Å². The minimum atomic E-state index is -0.441. The Hall–Kier alpha value is -1.30. The zero-order valence-corrected chi connectivity index (χ0v) is 21.3. The number of nitrogens with zero attached hydrogens (tertiary/aromatic N) is 1. The SMILES string of the molecule is COC(=O)CCCCCCCCCCCCCCCOC1CCN(C(=O)OC(C)(C)C)C1. The minimum Gasteiger partial charge on any atom is -0.469 e. The number of hydrogen-bond donors (Lipinski definition) is 0. The van der Waals surface area contributed by atoms with Crippen molar-refractivity contribution in [2.24, 2.45) is 0 Å². The molecule has 1 atom stereocenters. The number of rotatable bonds is 17. The van der Waals surface area contributed by atoms with Gasteiger partial charge in [0.05, 0.1) is 19.8 Å². The molecule has 1 fully saturated rings. The highest BCUT2D eigenvalue weighted by Gasteiger charge is 2.30. The third-order valence-corrected chi connectivity index (χ3v) is 5.90. The van der Waals surface area contributed by atoms with E-state index in [4.69, 9.17) is 9.47 Å². The van der Waals surface area contributed by atoms with Crippen LogP contribution in [-0.4, -0.2) is 55.5 Å². The Labute approximate surface area is 196 Å². The second kappa shape index (κ2) is 17.2. The fourth-order valence-electron chi connectivity index (χ4n) is 4.02. The summed E-state index contributed by atoms with van der Waals surface area (Å²) in [5.41, 5.74) is -0.441. The molecule has 6 heteroatoms. The van der Waals surface area contributed by atoms with Crippen LogP contribution in [0.1, 0.15) is 117 Å². The number of amides is 1. The van der Waals surface area contributed by atoms with Gasteiger partial charge < -0.3 is 19.1 Å². The molecule has 1 saturated heterocycles. The van der Waals surface area contributed by atoms with Gasteiger partial charge in [0.1, 0.15) is 5.60 Å². The van der Waals surface area contributed by atoms with E-state index in [9.17, 15) is 9.59 Å². The van der Waals surface area contributed by atoms with Crippen LogP contribution < -0.4 is 0 Å². The highest BCUT2D eigenvalue weighted by atomic mass is 16.6. The Kier molecular flexibility index (Phi) is 15.5. The van der Waals surface area contributed by atoms with Crippen LogP contribution in [0.5, 0.6) is 0 Å². The van der Waals surface area contributed by atoms with Gasteiger partial charge in [0.2, 0.25) is 0 Å². The number of esters is 1. The monoisotopic (exact) mass is 455 g/mol. The lowest BCUT2D eigenvalue weighted by Crippen LogP contribution is -2.36. The van der Waals surface area contributed by atoms with Gasteiger partial charge in [0.25, 0.3) is 0 Å². The maximum atomic E-state index is 12.1. The largest absolute Gasteiger partial charge is 0.469 e. The van der Waals surface area contributed by atoms with Crippen molar-refractivity contribution in [2.75, 3.05) is 26.8 Å². The number of ether oxygens (including phenoxy) is 3. The molecule has 0 N–H and O–H groups in total. The topological polar surface area (TPSA) is 65.1 Å². The Morgan fingerprint density at radius 3 is 1.81 bits per heavy atom. The van der Waals surface area contributed by atoms with Crippen molar-refractivity contribution in [3.05, 3.63) is 0 Å². The first kappa shape index (κ1) is 28.7. The molecule has 6 nitrogen and oxygen atoms in total. The van der Waals surface area contributed by atoms with Crippen LogP contribution in [0.3, 0.4) is 0 Å². The highest BCUT2D eigenvalue weighted by molar-refractivity contribution is 5.69. The van der Waals surface area contributed by atoms with Crippen LogP contribution in [0.15, 0.2) is 0 Å². The molecule has 0 saturated carbocycles. The second-order valence-corrected chi connectivity index (χ2v) is 10.1. The molecule has 0 aromatic rings. The Morgan fingerprint density at radius 1 is 0.812 bits per heavy atom. The van der Waals surface area contributed by atoms with Crippen molar-refractivity contribution in [3.8, 4) is 0 Å². The molecule has 0 spiro atoms. The van der Waals surface area contributed by atoms with E-state index in [1.807, 2.05) is 20.8 Å². The van der Waals surface area contributed by atoms with Crippen molar-refractivity contribution >= 4 is 12.1 Å².